The fraction of sp³-hybridized carbons (Fsp3) is 0.350. The molecule has 0 amide bonds. The van der Waals surface area contributed by atoms with Gasteiger partial charge in [0.1, 0.15) is 0 Å². The number of hydrogen-bond donors (Lipinski definition) is 0. The van der Waals surface area contributed by atoms with Gasteiger partial charge in [-0.1, -0.05) is 36.4 Å². The molecule has 126 valence electrons. The van der Waals surface area contributed by atoms with Crippen molar-refractivity contribution in [2.75, 3.05) is 0 Å². The second-order valence-electron chi connectivity index (χ2n) is 6.38. The van der Waals surface area contributed by atoms with Crippen LogP contribution >= 0.6 is 0 Å². The van der Waals surface area contributed by atoms with Crippen molar-refractivity contribution in [3.8, 4) is 5.75 Å². The fourth-order valence-corrected chi connectivity index (χ4v) is 3.30. The number of rotatable bonds is 4. The summed E-state index contributed by atoms with van der Waals surface area (Å²) in [5, 5.41) is 0. The number of carbonyl (C=O) groups is 1. The maximum Gasteiger partial charge on any atom is 0.314 e. The van der Waals surface area contributed by atoms with E-state index >= 15 is 0 Å². The molecule has 1 aliphatic rings. The number of esters is 1. The number of halogens is 2. The summed E-state index contributed by atoms with van der Waals surface area (Å²) in [4.78, 5) is 12.2. The SMILES string of the molecule is O=C(Oc1cccc(F)c1F)C1CCC(Cc2ccccc2)CC1. The van der Waals surface area contributed by atoms with Crippen molar-refractivity contribution >= 4 is 5.97 Å². The lowest BCUT2D eigenvalue weighted by atomic mass is 9.79. The van der Waals surface area contributed by atoms with Crippen LogP contribution in [0.3, 0.4) is 0 Å². The summed E-state index contributed by atoms with van der Waals surface area (Å²) in [6.07, 6.45) is 4.36. The Labute approximate surface area is 140 Å². The van der Waals surface area contributed by atoms with E-state index in [-0.39, 0.29) is 11.7 Å². The Kier molecular flexibility index (Phi) is 5.24. The van der Waals surface area contributed by atoms with Crippen LogP contribution < -0.4 is 4.74 Å². The Morgan fingerprint density at radius 3 is 2.38 bits per heavy atom. The van der Waals surface area contributed by atoms with Gasteiger partial charge in [0.05, 0.1) is 5.92 Å². The molecule has 0 spiro atoms. The van der Waals surface area contributed by atoms with E-state index < -0.39 is 17.6 Å². The number of benzene rings is 2. The first-order valence-corrected chi connectivity index (χ1v) is 8.33. The van der Waals surface area contributed by atoms with Crippen LogP contribution in [0.2, 0.25) is 0 Å². The third kappa shape index (κ3) is 3.99. The number of hydrogen-bond acceptors (Lipinski definition) is 2. The summed E-state index contributed by atoms with van der Waals surface area (Å²) in [5.41, 5.74) is 1.31. The lowest BCUT2D eigenvalue weighted by Crippen LogP contribution is -2.26. The molecule has 2 nitrogen and oxygen atoms in total. The molecule has 0 aliphatic heterocycles. The Morgan fingerprint density at radius 2 is 1.67 bits per heavy atom. The van der Waals surface area contributed by atoms with Gasteiger partial charge in [-0.2, -0.15) is 4.39 Å². The monoisotopic (exact) mass is 330 g/mol. The molecule has 1 aliphatic carbocycles. The molecular weight excluding hydrogens is 310 g/mol. The van der Waals surface area contributed by atoms with Gasteiger partial charge in [-0.05, 0) is 55.7 Å². The third-order valence-corrected chi connectivity index (χ3v) is 4.67. The van der Waals surface area contributed by atoms with Gasteiger partial charge in [0.25, 0.3) is 0 Å². The van der Waals surface area contributed by atoms with Crippen molar-refractivity contribution in [3.63, 3.8) is 0 Å². The topological polar surface area (TPSA) is 26.3 Å². The fourth-order valence-electron chi connectivity index (χ4n) is 3.30. The highest BCUT2D eigenvalue weighted by molar-refractivity contribution is 5.75. The van der Waals surface area contributed by atoms with Gasteiger partial charge in [-0.25, -0.2) is 4.39 Å². The Bertz CT molecular complexity index is 692. The molecule has 2 aromatic rings. The van der Waals surface area contributed by atoms with Gasteiger partial charge in [0, 0.05) is 0 Å². The highest BCUT2D eigenvalue weighted by Gasteiger charge is 2.28. The maximum atomic E-state index is 13.6. The summed E-state index contributed by atoms with van der Waals surface area (Å²) >= 11 is 0. The van der Waals surface area contributed by atoms with E-state index in [1.54, 1.807) is 0 Å². The van der Waals surface area contributed by atoms with Crippen LogP contribution in [0, 0.1) is 23.5 Å². The van der Waals surface area contributed by atoms with Crippen molar-refractivity contribution < 1.29 is 18.3 Å². The minimum atomic E-state index is -1.11. The standard InChI is InChI=1S/C20H20F2O2/c21-17-7-4-8-18(19(17)22)24-20(23)16-11-9-15(10-12-16)13-14-5-2-1-3-6-14/h1-8,15-16H,9-13H2. The van der Waals surface area contributed by atoms with Crippen molar-refractivity contribution in [2.45, 2.75) is 32.1 Å². The van der Waals surface area contributed by atoms with Crippen LogP contribution in [0.25, 0.3) is 0 Å². The van der Waals surface area contributed by atoms with Crippen LogP contribution in [-0.4, -0.2) is 5.97 Å². The smallest absolute Gasteiger partial charge is 0.314 e. The minimum absolute atomic E-state index is 0.236. The molecule has 0 radical (unpaired) electrons. The van der Waals surface area contributed by atoms with Gasteiger partial charge in [0.2, 0.25) is 5.82 Å². The molecule has 0 aromatic heterocycles. The van der Waals surface area contributed by atoms with Crippen molar-refractivity contribution in [1.82, 2.24) is 0 Å². The van der Waals surface area contributed by atoms with Gasteiger partial charge in [0.15, 0.2) is 11.6 Å². The predicted molar refractivity (Wildman–Crippen MR) is 87.6 cm³/mol. The number of carbonyl (C=O) groups excluding carboxylic acids is 1. The maximum absolute atomic E-state index is 13.6. The van der Waals surface area contributed by atoms with Crippen LogP contribution in [-0.2, 0) is 11.2 Å². The highest BCUT2D eigenvalue weighted by Crippen LogP contribution is 2.32. The molecule has 0 bridgehead atoms. The zero-order chi connectivity index (χ0) is 16.9. The summed E-state index contributed by atoms with van der Waals surface area (Å²) in [7, 11) is 0. The average molecular weight is 330 g/mol. The van der Waals surface area contributed by atoms with Crippen LogP contribution in [0.15, 0.2) is 48.5 Å². The lowest BCUT2D eigenvalue weighted by molar-refractivity contribution is -0.140. The Balaban J connectivity index is 1.52. The van der Waals surface area contributed by atoms with Crippen LogP contribution in [0.5, 0.6) is 5.75 Å². The normalized spacial score (nSPS) is 20.6. The van der Waals surface area contributed by atoms with Crippen molar-refractivity contribution in [1.29, 1.82) is 0 Å². The average Bonchev–Trinajstić information content (AvgIpc) is 2.60. The van der Waals surface area contributed by atoms with Crippen LogP contribution in [0.1, 0.15) is 31.2 Å². The molecule has 0 atom stereocenters. The Morgan fingerprint density at radius 1 is 0.958 bits per heavy atom. The predicted octanol–water partition coefficient (Wildman–Crippen LogP) is 4.92. The van der Waals surface area contributed by atoms with Gasteiger partial charge < -0.3 is 4.74 Å². The van der Waals surface area contributed by atoms with Gasteiger partial charge in [-0.3, -0.25) is 4.79 Å². The number of ether oxygens (including phenoxy) is 1. The molecule has 2 aromatic carbocycles. The van der Waals surface area contributed by atoms with E-state index in [0.29, 0.717) is 5.92 Å². The van der Waals surface area contributed by atoms with E-state index in [0.717, 1.165) is 38.2 Å². The molecule has 0 saturated heterocycles. The molecule has 3 rings (SSSR count). The molecule has 1 fully saturated rings. The van der Waals surface area contributed by atoms with E-state index in [1.165, 1.54) is 17.7 Å². The highest BCUT2D eigenvalue weighted by atomic mass is 19.2. The van der Waals surface area contributed by atoms with Crippen molar-refractivity contribution in [2.24, 2.45) is 11.8 Å². The van der Waals surface area contributed by atoms with E-state index in [2.05, 4.69) is 12.1 Å². The molecule has 1 saturated carbocycles. The zero-order valence-corrected chi connectivity index (χ0v) is 13.4. The van der Waals surface area contributed by atoms with Crippen LogP contribution in [0.4, 0.5) is 8.78 Å². The van der Waals surface area contributed by atoms with E-state index in [1.807, 2.05) is 18.2 Å². The minimum Gasteiger partial charge on any atom is -0.423 e. The van der Waals surface area contributed by atoms with Crippen molar-refractivity contribution in [3.05, 3.63) is 65.7 Å². The quantitative estimate of drug-likeness (QED) is 0.587. The lowest BCUT2D eigenvalue weighted by Gasteiger charge is -2.27. The summed E-state index contributed by atoms with van der Waals surface area (Å²) in [6.45, 7) is 0. The molecule has 0 N–H and O–H groups in total. The molecule has 0 unspecified atom stereocenters. The second-order valence-corrected chi connectivity index (χ2v) is 6.38. The third-order valence-electron chi connectivity index (χ3n) is 4.67. The Hall–Kier alpha value is -2.23. The van der Waals surface area contributed by atoms with E-state index in [9.17, 15) is 13.6 Å². The molecular formula is C20H20F2O2. The second kappa shape index (κ2) is 7.56. The van der Waals surface area contributed by atoms with Gasteiger partial charge in [-0.15, -0.1) is 0 Å². The molecule has 24 heavy (non-hydrogen) atoms. The zero-order valence-electron chi connectivity index (χ0n) is 13.4. The first kappa shape index (κ1) is 16.6. The van der Waals surface area contributed by atoms with E-state index in [4.69, 9.17) is 4.74 Å². The summed E-state index contributed by atoms with van der Waals surface area (Å²) in [5.74, 6) is -2.58. The largest absolute Gasteiger partial charge is 0.423 e. The van der Waals surface area contributed by atoms with Gasteiger partial charge >= 0.3 is 5.97 Å². The molecule has 4 heteroatoms. The summed E-state index contributed by atoms with van der Waals surface area (Å²) < 4.78 is 31.8. The molecule has 0 heterocycles. The summed E-state index contributed by atoms with van der Waals surface area (Å²) in [6, 6.07) is 13.9. The first-order valence-electron chi connectivity index (χ1n) is 8.33. The first-order chi connectivity index (χ1) is 11.6.